The summed E-state index contributed by atoms with van der Waals surface area (Å²) >= 11 is 0. The van der Waals surface area contributed by atoms with Crippen LogP contribution in [0.2, 0.25) is 0 Å². The average Bonchev–Trinajstić information content (AvgIpc) is 2.98. The lowest BCUT2D eigenvalue weighted by Crippen LogP contribution is -2.50. The Morgan fingerprint density at radius 2 is 1.93 bits per heavy atom. The molecule has 5 heteroatoms. The molecule has 1 N–H and O–H groups in total. The smallest absolute Gasteiger partial charge is 0.307 e. The number of hydrogen-bond acceptors (Lipinski definition) is 4. The SMILES string of the molecule is Cc1cccc(N2CCC(NC(=O)[C@@H]3CC(=O)OC34CCCCC4)CC2)c1. The summed E-state index contributed by atoms with van der Waals surface area (Å²) in [4.78, 5) is 27.3. The molecule has 5 nitrogen and oxygen atoms in total. The van der Waals surface area contributed by atoms with Gasteiger partial charge in [-0.3, -0.25) is 9.59 Å². The van der Waals surface area contributed by atoms with Crippen molar-refractivity contribution in [2.45, 2.75) is 69.9 Å². The molecule has 1 spiro atoms. The highest BCUT2D eigenvalue weighted by Crippen LogP contribution is 2.44. The number of anilines is 1. The Labute approximate surface area is 161 Å². The Morgan fingerprint density at radius 3 is 2.63 bits per heavy atom. The Kier molecular flexibility index (Phi) is 5.11. The minimum absolute atomic E-state index is 0.0248. The predicted octanol–water partition coefficient (Wildman–Crippen LogP) is 3.35. The zero-order valence-corrected chi connectivity index (χ0v) is 16.2. The Morgan fingerprint density at radius 1 is 1.19 bits per heavy atom. The minimum Gasteiger partial charge on any atom is -0.458 e. The van der Waals surface area contributed by atoms with Crippen LogP contribution < -0.4 is 10.2 Å². The highest BCUT2D eigenvalue weighted by Gasteiger charge is 2.53. The van der Waals surface area contributed by atoms with E-state index in [1.807, 2.05) is 0 Å². The molecule has 1 amide bonds. The van der Waals surface area contributed by atoms with Crippen molar-refractivity contribution in [3.8, 4) is 0 Å². The molecule has 146 valence electrons. The van der Waals surface area contributed by atoms with Gasteiger partial charge in [0, 0.05) is 24.8 Å². The first-order valence-corrected chi connectivity index (χ1v) is 10.4. The lowest BCUT2D eigenvalue weighted by atomic mass is 9.75. The van der Waals surface area contributed by atoms with E-state index >= 15 is 0 Å². The molecule has 0 aromatic heterocycles. The minimum atomic E-state index is -0.526. The van der Waals surface area contributed by atoms with Crippen molar-refractivity contribution in [3.63, 3.8) is 0 Å². The number of carbonyl (C=O) groups is 2. The fourth-order valence-electron chi connectivity index (χ4n) is 5.03. The Balaban J connectivity index is 1.34. The van der Waals surface area contributed by atoms with Crippen LogP contribution in [-0.2, 0) is 14.3 Å². The number of piperidine rings is 1. The van der Waals surface area contributed by atoms with E-state index in [1.54, 1.807) is 0 Å². The summed E-state index contributed by atoms with van der Waals surface area (Å²) < 4.78 is 5.69. The number of esters is 1. The molecule has 0 bridgehead atoms. The number of benzene rings is 1. The summed E-state index contributed by atoms with van der Waals surface area (Å²) in [6.07, 6.45) is 7.06. The molecule has 3 fully saturated rings. The number of nitrogens with zero attached hydrogens (tertiary/aromatic N) is 1. The van der Waals surface area contributed by atoms with Crippen molar-refractivity contribution in [2.75, 3.05) is 18.0 Å². The molecule has 1 atom stereocenters. The fraction of sp³-hybridized carbons (Fsp3) is 0.636. The third-order valence-corrected chi connectivity index (χ3v) is 6.55. The highest BCUT2D eigenvalue weighted by molar-refractivity contribution is 5.88. The maximum atomic E-state index is 13.0. The van der Waals surface area contributed by atoms with Crippen LogP contribution in [0.5, 0.6) is 0 Å². The third kappa shape index (κ3) is 3.83. The van der Waals surface area contributed by atoms with Crippen molar-refractivity contribution in [1.29, 1.82) is 0 Å². The summed E-state index contributed by atoms with van der Waals surface area (Å²) in [5.41, 5.74) is 2.00. The molecule has 0 radical (unpaired) electrons. The normalized spacial score (nSPS) is 25.4. The van der Waals surface area contributed by atoms with E-state index in [2.05, 4.69) is 41.4 Å². The highest BCUT2D eigenvalue weighted by atomic mass is 16.6. The van der Waals surface area contributed by atoms with Gasteiger partial charge in [-0.05, 0) is 63.1 Å². The first kappa shape index (κ1) is 18.3. The van der Waals surface area contributed by atoms with Crippen LogP contribution in [-0.4, -0.2) is 36.6 Å². The molecule has 1 aromatic carbocycles. The number of nitrogens with one attached hydrogen (secondary N) is 1. The number of amides is 1. The van der Waals surface area contributed by atoms with Crippen molar-refractivity contribution in [2.24, 2.45) is 5.92 Å². The van der Waals surface area contributed by atoms with Crippen molar-refractivity contribution >= 4 is 17.6 Å². The zero-order valence-electron chi connectivity index (χ0n) is 16.2. The van der Waals surface area contributed by atoms with Gasteiger partial charge in [0.1, 0.15) is 5.60 Å². The maximum absolute atomic E-state index is 13.0. The number of rotatable bonds is 3. The Hall–Kier alpha value is -2.04. The Bertz CT molecular complexity index is 703. The second-order valence-electron chi connectivity index (χ2n) is 8.47. The fourth-order valence-corrected chi connectivity index (χ4v) is 5.03. The molecule has 2 heterocycles. The maximum Gasteiger partial charge on any atom is 0.307 e. The first-order valence-electron chi connectivity index (χ1n) is 10.4. The summed E-state index contributed by atoms with van der Waals surface area (Å²) in [5.74, 6) is -0.483. The number of hydrogen-bond donors (Lipinski definition) is 1. The van der Waals surface area contributed by atoms with E-state index in [0.717, 1.165) is 51.6 Å². The standard InChI is InChI=1S/C22H30N2O3/c1-16-6-5-7-18(14-16)24-12-8-17(9-13-24)23-21(26)19-15-20(25)27-22(19)10-3-2-4-11-22/h5-7,14,17,19H,2-4,8-13,15H2,1H3,(H,23,26)/t19-/m0/s1. The van der Waals surface area contributed by atoms with Gasteiger partial charge < -0.3 is 15.0 Å². The van der Waals surface area contributed by atoms with E-state index in [0.29, 0.717) is 0 Å². The monoisotopic (exact) mass is 370 g/mol. The van der Waals surface area contributed by atoms with Crippen LogP contribution in [0.4, 0.5) is 5.69 Å². The molecule has 27 heavy (non-hydrogen) atoms. The van der Waals surface area contributed by atoms with Crippen LogP contribution in [0.15, 0.2) is 24.3 Å². The largest absolute Gasteiger partial charge is 0.458 e. The van der Waals surface area contributed by atoms with Crippen LogP contribution in [0.25, 0.3) is 0 Å². The van der Waals surface area contributed by atoms with Gasteiger partial charge in [0.15, 0.2) is 0 Å². The van der Waals surface area contributed by atoms with E-state index < -0.39 is 5.60 Å². The quantitative estimate of drug-likeness (QED) is 0.829. The summed E-state index contributed by atoms with van der Waals surface area (Å²) in [6, 6.07) is 8.77. The molecular formula is C22H30N2O3. The summed E-state index contributed by atoms with van der Waals surface area (Å²) in [6.45, 7) is 4.00. The van der Waals surface area contributed by atoms with E-state index in [-0.39, 0.29) is 30.3 Å². The van der Waals surface area contributed by atoms with Gasteiger partial charge in [-0.15, -0.1) is 0 Å². The van der Waals surface area contributed by atoms with E-state index in [4.69, 9.17) is 4.74 Å². The number of ether oxygens (including phenoxy) is 1. The van der Waals surface area contributed by atoms with Gasteiger partial charge in [-0.1, -0.05) is 18.6 Å². The lowest BCUT2D eigenvalue weighted by Gasteiger charge is -2.38. The van der Waals surface area contributed by atoms with Crippen LogP contribution >= 0.6 is 0 Å². The van der Waals surface area contributed by atoms with E-state index in [1.165, 1.54) is 17.7 Å². The third-order valence-electron chi connectivity index (χ3n) is 6.55. The van der Waals surface area contributed by atoms with E-state index in [9.17, 15) is 9.59 Å². The van der Waals surface area contributed by atoms with Gasteiger partial charge in [0.25, 0.3) is 0 Å². The number of aryl methyl sites for hydroxylation is 1. The molecule has 2 saturated heterocycles. The van der Waals surface area contributed by atoms with Crippen LogP contribution in [0, 0.1) is 12.8 Å². The zero-order chi connectivity index (χ0) is 18.9. The van der Waals surface area contributed by atoms with Gasteiger partial charge in [-0.25, -0.2) is 0 Å². The molecule has 1 aliphatic carbocycles. The van der Waals surface area contributed by atoms with Crippen LogP contribution in [0.1, 0.15) is 56.9 Å². The van der Waals surface area contributed by atoms with Crippen LogP contribution in [0.3, 0.4) is 0 Å². The first-order chi connectivity index (χ1) is 13.1. The summed E-state index contributed by atoms with van der Waals surface area (Å²) in [7, 11) is 0. The van der Waals surface area contributed by atoms with Gasteiger partial charge in [0.2, 0.25) is 5.91 Å². The topological polar surface area (TPSA) is 58.6 Å². The average molecular weight is 370 g/mol. The van der Waals surface area contributed by atoms with Crippen molar-refractivity contribution < 1.29 is 14.3 Å². The second kappa shape index (κ2) is 7.53. The number of carbonyl (C=O) groups excluding carboxylic acids is 2. The lowest BCUT2D eigenvalue weighted by molar-refractivity contribution is -0.153. The molecular weight excluding hydrogens is 340 g/mol. The van der Waals surface area contributed by atoms with Crippen molar-refractivity contribution in [3.05, 3.63) is 29.8 Å². The second-order valence-corrected chi connectivity index (χ2v) is 8.47. The molecule has 2 aliphatic heterocycles. The molecule has 1 saturated carbocycles. The van der Waals surface area contributed by atoms with Crippen molar-refractivity contribution in [1.82, 2.24) is 5.32 Å². The van der Waals surface area contributed by atoms with Gasteiger partial charge in [0.05, 0.1) is 12.3 Å². The summed E-state index contributed by atoms with van der Waals surface area (Å²) in [5, 5.41) is 3.24. The molecule has 4 rings (SSSR count). The predicted molar refractivity (Wildman–Crippen MR) is 105 cm³/mol. The molecule has 0 unspecified atom stereocenters. The van der Waals surface area contributed by atoms with Gasteiger partial charge in [-0.2, -0.15) is 0 Å². The van der Waals surface area contributed by atoms with Gasteiger partial charge >= 0.3 is 5.97 Å². The molecule has 1 aromatic rings. The molecule has 3 aliphatic rings.